The van der Waals surface area contributed by atoms with E-state index in [1.165, 1.54) is 38.3 Å². The molecule has 37 heavy (non-hydrogen) atoms. The highest BCUT2D eigenvalue weighted by molar-refractivity contribution is 7.86. The van der Waals surface area contributed by atoms with Crippen LogP contribution in [0.1, 0.15) is 15.9 Å². The van der Waals surface area contributed by atoms with Gasteiger partial charge in [-0.3, -0.25) is 9.35 Å². The van der Waals surface area contributed by atoms with Gasteiger partial charge >= 0.3 is 0 Å². The van der Waals surface area contributed by atoms with Crippen LogP contribution in [0.2, 0.25) is 10.0 Å². The maximum Gasteiger partial charge on any atom is 0.297 e. The van der Waals surface area contributed by atoms with Crippen molar-refractivity contribution in [3.05, 3.63) is 81.8 Å². The number of benzene rings is 4. The maximum atomic E-state index is 13.2. The third-order valence-corrected chi connectivity index (χ3v) is 7.11. The van der Waals surface area contributed by atoms with Crippen LogP contribution < -0.4 is 10.1 Å². The Hall–Kier alpha value is -3.70. The summed E-state index contributed by atoms with van der Waals surface area (Å²) in [6, 6.07) is 15.7. The molecular formula is C25H19Cl2N3O6S. The number of phenols is 1. The standard InChI is InChI=1S/C25H19Cl2N3O6S/c1-13-7-9-19(27)22(24(13)37(33,34)35)30-29-21-16-6-4-3-5-14(16)11-17(23(21)31)25(32)28-20-12-15(36-2)8-10-18(20)26/h3-12,31H,1-2H3,(H,28,32)(H,33,34,35). The Kier molecular flexibility index (Phi) is 7.37. The van der Waals surface area contributed by atoms with Crippen LogP contribution in [0.4, 0.5) is 17.1 Å². The summed E-state index contributed by atoms with van der Waals surface area (Å²) in [5.41, 5.74) is -0.120. The van der Waals surface area contributed by atoms with Crippen molar-refractivity contribution in [2.45, 2.75) is 11.8 Å². The van der Waals surface area contributed by atoms with Crippen LogP contribution in [0, 0.1) is 6.92 Å². The molecular weight excluding hydrogens is 541 g/mol. The lowest BCUT2D eigenvalue weighted by atomic mass is 10.0. The average Bonchev–Trinajstić information content (AvgIpc) is 2.85. The van der Waals surface area contributed by atoms with E-state index in [2.05, 4.69) is 15.5 Å². The zero-order chi connectivity index (χ0) is 26.9. The zero-order valence-corrected chi connectivity index (χ0v) is 21.7. The largest absolute Gasteiger partial charge is 0.505 e. The van der Waals surface area contributed by atoms with E-state index in [9.17, 15) is 22.9 Å². The molecule has 190 valence electrons. The summed E-state index contributed by atoms with van der Waals surface area (Å²) < 4.78 is 38.8. The van der Waals surface area contributed by atoms with Gasteiger partial charge in [-0.25, -0.2) is 0 Å². The van der Waals surface area contributed by atoms with Gasteiger partial charge in [0.05, 0.1) is 28.4 Å². The molecule has 0 aliphatic rings. The number of amides is 1. The van der Waals surface area contributed by atoms with Gasteiger partial charge in [-0.1, -0.05) is 53.5 Å². The van der Waals surface area contributed by atoms with E-state index >= 15 is 0 Å². The molecule has 1 amide bonds. The van der Waals surface area contributed by atoms with Crippen molar-refractivity contribution in [1.29, 1.82) is 0 Å². The maximum absolute atomic E-state index is 13.2. The first-order chi connectivity index (χ1) is 17.5. The van der Waals surface area contributed by atoms with E-state index in [0.29, 0.717) is 16.5 Å². The molecule has 4 aromatic rings. The minimum atomic E-state index is -4.70. The molecule has 0 heterocycles. The van der Waals surface area contributed by atoms with Crippen LogP contribution in [0.3, 0.4) is 0 Å². The van der Waals surface area contributed by atoms with Gasteiger partial charge < -0.3 is 15.2 Å². The number of methoxy groups -OCH3 is 1. The summed E-state index contributed by atoms with van der Waals surface area (Å²) in [5.74, 6) is -0.750. The first-order valence-corrected chi connectivity index (χ1v) is 12.8. The van der Waals surface area contributed by atoms with Crippen molar-refractivity contribution in [2.24, 2.45) is 10.2 Å². The van der Waals surface area contributed by atoms with Crippen LogP contribution >= 0.6 is 23.2 Å². The van der Waals surface area contributed by atoms with E-state index in [1.807, 2.05) is 0 Å². The molecule has 0 aromatic heterocycles. The molecule has 0 fully saturated rings. The molecule has 12 heteroatoms. The number of phenolic OH excluding ortho intramolecular Hbond substituents is 1. The number of halogens is 2. The monoisotopic (exact) mass is 559 g/mol. The Bertz CT molecular complexity index is 1690. The predicted molar refractivity (Wildman–Crippen MR) is 142 cm³/mol. The second kappa shape index (κ2) is 10.3. The van der Waals surface area contributed by atoms with Crippen molar-refractivity contribution in [3.8, 4) is 11.5 Å². The molecule has 0 aliphatic carbocycles. The SMILES string of the molecule is COc1ccc(Cl)c(NC(=O)c2cc3ccccc3c(N=Nc3c(Cl)ccc(C)c3S(=O)(=O)O)c2O)c1. The molecule has 0 radical (unpaired) electrons. The second-order valence-corrected chi connectivity index (χ2v) is 10.0. The normalized spacial score (nSPS) is 11.7. The minimum Gasteiger partial charge on any atom is -0.505 e. The number of ether oxygens (including phenoxy) is 1. The number of fused-ring (bicyclic) bond motifs is 1. The number of anilines is 1. The third-order valence-electron chi connectivity index (χ3n) is 5.45. The lowest BCUT2D eigenvalue weighted by Gasteiger charge is -2.13. The van der Waals surface area contributed by atoms with Gasteiger partial charge in [-0.2, -0.15) is 8.42 Å². The molecule has 0 aliphatic heterocycles. The van der Waals surface area contributed by atoms with E-state index < -0.39 is 26.7 Å². The fourth-order valence-corrected chi connectivity index (χ4v) is 4.96. The van der Waals surface area contributed by atoms with Gasteiger partial charge in [0.1, 0.15) is 22.0 Å². The Labute approximate surface area is 222 Å². The number of hydrogen-bond acceptors (Lipinski definition) is 7. The number of aromatic hydroxyl groups is 1. The molecule has 0 spiro atoms. The number of carbonyl (C=O) groups is 1. The quantitative estimate of drug-likeness (QED) is 0.170. The number of aryl methyl sites for hydroxylation is 1. The average molecular weight is 560 g/mol. The van der Waals surface area contributed by atoms with Gasteiger partial charge in [0, 0.05) is 11.5 Å². The summed E-state index contributed by atoms with van der Waals surface area (Å²) in [4.78, 5) is 12.6. The summed E-state index contributed by atoms with van der Waals surface area (Å²) >= 11 is 12.4. The number of nitrogens with zero attached hydrogens (tertiary/aromatic N) is 2. The van der Waals surface area contributed by atoms with Gasteiger partial charge in [-0.05, 0) is 42.1 Å². The second-order valence-electron chi connectivity index (χ2n) is 7.86. The van der Waals surface area contributed by atoms with Gasteiger partial charge in [0.25, 0.3) is 16.0 Å². The van der Waals surface area contributed by atoms with Crippen LogP contribution in [-0.4, -0.2) is 31.1 Å². The Balaban J connectivity index is 1.86. The van der Waals surface area contributed by atoms with Gasteiger partial charge in [-0.15, -0.1) is 10.2 Å². The molecule has 0 saturated carbocycles. The number of carbonyl (C=O) groups excluding carboxylic acids is 1. The first-order valence-electron chi connectivity index (χ1n) is 10.6. The van der Waals surface area contributed by atoms with Crippen molar-refractivity contribution in [2.75, 3.05) is 12.4 Å². The highest BCUT2D eigenvalue weighted by Crippen LogP contribution is 2.42. The van der Waals surface area contributed by atoms with Crippen molar-refractivity contribution >= 4 is 67.1 Å². The first kappa shape index (κ1) is 26.4. The highest BCUT2D eigenvalue weighted by atomic mass is 35.5. The lowest BCUT2D eigenvalue weighted by Crippen LogP contribution is -2.12. The molecule has 0 unspecified atom stereocenters. The molecule has 3 N–H and O–H groups in total. The number of hydrogen-bond donors (Lipinski definition) is 3. The Morgan fingerprint density at radius 2 is 1.65 bits per heavy atom. The summed E-state index contributed by atoms with van der Waals surface area (Å²) in [6.45, 7) is 1.46. The molecule has 0 saturated heterocycles. The predicted octanol–water partition coefficient (Wildman–Crippen LogP) is 7.08. The molecule has 0 bridgehead atoms. The fraction of sp³-hybridized carbons (Fsp3) is 0.0800. The summed E-state index contributed by atoms with van der Waals surface area (Å²) in [6.07, 6.45) is 0. The zero-order valence-electron chi connectivity index (χ0n) is 19.4. The van der Waals surface area contributed by atoms with Gasteiger partial charge in [0.2, 0.25) is 0 Å². The van der Waals surface area contributed by atoms with Crippen LogP contribution in [0.15, 0.2) is 75.8 Å². The minimum absolute atomic E-state index is 0.0904. The van der Waals surface area contributed by atoms with E-state index in [1.54, 1.807) is 36.4 Å². The lowest BCUT2D eigenvalue weighted by molar-refractivity contribution is 0.102. The Morgan fingerprint density at radius 1 is 0.973 bits per heavy atom. The smallest absolute Gasteiger partial charge is 0.297 e. The van der Waals surface area contributed by atoms with Crippen LogP contribution in [-0.2, 0) is 10.1 Å². The van der Waals surface area contributed by atoms with Crippen LogP contribution in [0.5, 0.6) is 11.5 Å². The van der Waals surface area contributed by atoms with E-state index in [-0.39, 0.29) is 38.2 Å². The summed E-state index contributed by atoms with van der Waals surface area (Å²) in [5, 5.41) is 22.9. The third kappa shape index (κ3) is 5.37. The topological polar surface area (TPSA) is 138 Å². The van der Waals surface area contributed by atoms with Crippen LogP contribution in [0.25, 0.3) is 10.8 Å². The van der Waals surface area contributed by atoms with Crippen molar-refractivity contribution < 1.29 is 27.6 Å². The number of azo groups is 1. The fourth-order valence-electron chi connectivity index (χ4n) is 3.68. The van der Waals surface area contributed by atoms with E-state index in [0.717, 1.165) is 0 Å². The van der Waals surface area contributed by atoms with Crippen molar-refractivity contribution in [3.63, 3.8) is 0 Å². The molecule has 0 atom stereocenters. The molecule has 4 rings (SSSR count). The Morgan fingerprint density at radius 3 is 2.35 bits per heavy atom. The highest BCUT2D eigenvalue weighted by Gasteiger charge is 2.23. The number of nitrogens with one attached hydrogen (secondary N) is 1. The van der Waals surface area contributed by atoms with E-state index in [4.69, 9.17) is 27.9 Å². The molecule has 9 nitrogen and oxygen atoms in total. The van der Waals surface area contributed by atoms with Gasteiger partial charge in [0.15, 0.2) is 5.75 Å². The van der Waals surface area contributed by atoms with Crippen molar-refractivity contribution in [1.82, 2.24) is 0 Å². The summed E-state index contributed by atoms with van der Waals surface area (Å²) in [7, 11) is -3.23. The number of rotatable bonds is 6. The molecule has 4 aromatic carbocycles.